The Kier molecular flexibility index (Phi) is 4.63. The molecule has 0 spiro atoms. The molecule has 1 unspecified atom stereocenters. The van der Waals surface area contributed by atoms with Gasteiger partial charge in [0.1, 0.15) is 0 Å². The number of aryl methyl sites for hydroxylation is 1. The van der Waals surface area contributed by atoms with Crippen LogP contribution in [0.5, 0.6) is 0 Å². The Labute approximate surface area is 117 Å². The van der Waals surface area contributed by atoms with Gasteiger partial charge in [0.05, 0.1) is 16.6 Å². The largest absolute Gasteiger partial charge is 0.271 e. The highest BCUT2D eigenvalue weighted by atomic mass is 79.9. The van der Waals surface area contributed by atoms with Crippen molar-refractivity contribution in [1.29, 1.82) is 0 Å². The lowest BCUT2D eigenvalue weighted by Gasteiger charge is -2.13. The van der Waals surface area contributed by atoms with Gasteiger partial charge in [0.25, 0.3) is 0 Å². The van der Waals surface area contributed by atoms with Crippen LogP contribution < -0.4 is 11.3 Å². The number of hydrazine groups is 1. The maximum atomic E-state index is 5.64. The Bertz CT molecular complexity index is 482. The highest BCUT2D eigenvalue weighted by molar-refractivity contribution is 9.10. The van der Waals surface area contributed by atoms with Crippen LogP contribution in [-0.2, 0) is 12.8 Å². The van der Waals surface area contributed by atoms with Gasteiger partial charge >= 0.3 is 0 Å². The molecular weight excluding hydrogens is 320 g/mol. The zero-order chi connectivity index (χ0) is 12.3. The van der Waals surface area contributed by atoms with E-state index in [1.807, 2.05) is 0 Å². The fourth-order valence-electron chi connectivity index (χ4n) is 1.61. The van der Waals surface area contributed by atoms with E-state index in [1.54, 1.807) is 11.3 Å². The molecule has 7 heteroatoms. The highest BCUT2D eigenvalue weighted by Gasteiger charge is 2.18. The molecule has 0 fully saturated rings. The van der Waals surface area contributed by atoms with E-state index in [2.05, 4.69) is 49.3 Å². The van der Waals surface area contributed by atoms with E-state index in [9.17, 15) is 0 Å². The summed E-state index contributed by atoms with van der Waals surface area (Å²) >= 11 is 6.61. The molecule has 3 N–H and O–H groups in total. The number of aromatic nitrogens is 2. The van der Waals surface area contributed by atoms with Crippen molar-refractivity contribution in [3.63, 3.8) is 0 Å². The molecule has 0 aliphatic carbocycles. The summed E-state index contributed by atoms with van der Waals surface area (Å²) < 4.78 is 5.12. The Balaban J connectivity index is 2.16. The Hall–Kier alpha value is -0.340. The fourth-order valence-corrected chi connectivity index (χ4v) is 3.91. The number of hydrogen-bond acceptors (Lipinski definition) is 6. The molecule has 2 heterocycles. The maximum absolute atomic E-state index is 5.64. The molecule has 0 aromatic carbocycles. The minimum absolute atomic E-state index is 0.0931. The van der Waals surface area contributed by atoms with Crippen molar-refractivity contribution in [1.82, 2.24) is 15.0 Å². The molecule has 2 rings (SSSR count). The number of rotatable bonds is 5. The lowest BCUT2D eigenvalue weighted by Crippen LogP contribution is -2.29. The van der Waals surface area contributed by atoms with Crippen LogP contribution in [0.2, 0.25) is 0 Å². The first-order chi connectivity index (χ1) is 8.24. The monoisotopic (exact) mass is 332 g/mol. The number of hydrogen-bond donors (Lipinski definition) is 2. The van der Waals surface area contributed by atoms with Gasteiger partial charge in [-0.25, -0.2) is 0 Å². The summed E-state index contributed by atoms with van der Waals surface area (Å²) in [6, 6.07) is 2.21. The van der Waals surface area contributed by atoms with Crippen LogP contribution in [0.15, 0.2) is 15.9 Å². The highest BCUT2D eigenvalue weighted by Crippen LogP contribution is 2.28. The lowest BCUT2D eigenvalue weighted by molar-refractivity contribution is 0.559. The summed E-state index contributed by atoms with van der Waals surface area (Å²) in [6.07, 6.45) is 1.75. The van der Waals surface area contributed by atoms with Gasteiger partial charge < -0.3 is 0 Å². The van der Waals surface area contributed by atoms with Crippen LogP contribution in [0.1, 0.15) is 28.4 Å². The smallest absolute Gasteiger partial charge is 0.0801 e. The van der Waals surface area contributed by atoms with E-state index < -0.39 is 0 Å². The van der Waals surface area contributed by atoms with E-state index in [1.165, 1.54) is 16.4 Å². The third-order valence-corrected chi connectivity index (χ3v) is 5.06. The summed E-state index contributed by atoms with van der Waals surface area (Å²) in [5.74, 6) is 5.64. The number of nitrogens with two attached hydrogens (primary N) is 1. The van der Waals surface area contributed by atoms with Crippen LogP contribution in [0.25, 0.3) is 0 Å². The Morgan fingerprint density at radius 2 is 2.41 bits per heavy atom. The first kappa shape index (κ1) is 13.1. The maximum Gasteiger partial charge on any atom is 0.0801 e. The molecule has 2 aromatic heterocycles. The Morgan fingerprint density at radius 3 is 3.00 bits per heavy atom. The molecule has 4 nitrogen and oxygen atoms in total. The molecule has 1 atom stereocenters. The number of halogens is 1. The number of thiophene rings is 1. The van der Waals surface area contributed by atoms with Gasteiger partial charge in [-0.1, -0.05) is 11.4 Å². The number of nitrogens with zero attached hydrogens (tertiary/aromatic N) is 2. The standard InChI is InChI=1S/C10H13BrN4S2/c1-2-8-10(17-15-14-8)9(13-12)4-7-3-6(11)5-16-7/h3,5,9,13H,2,4,12H2,1H3. The molecule has 0 saturated carbocycles. The lowest BCUT2D eigenvalue weighted by atomic mass is 10.1. The van der Waals surface area contributed by atoms with Crippen LogP contribution in [0.4, 0.5) is 0 Å². The molecule has 0 radical (unpaired) electrons. The van der Waals surface area contributed by atoms with Crippen LogP contribution >= 0.6 is 38.8 Å². The van der Waals surface area contributed by atoms with Gasteiger partial charge in [0, 0.05) is 21.2 Å². The van der Waals surface area contributed by atoms with E-state index in [0.29, 0.717) is 0 Å². The molecule has 0 saturated heterocycles. The van der Waals surface area contributed by atoms with Crippen molar-refractivity contribution in [2.24, 2.45) is 5.84 Å². The summed E-state index contributed by atoms with van der Waals surface area (Å²) in [4.78, 5) is 2.43. The van der Waals surface area contributed by atoms with Gasteiger partial charge in [-0.3, -0.25) is 11.3 Å². The van der Waals surface area contributed by atoms with Crippen molar-refractivity contribution in [2.45, 2.75) is 25.8 Å². The van der Waals surface area contributed by atoms with Crippen molar-refractivity contribution in [3.05, 3.63) is 31.4 Å². The van der Waals surface area contributed by atoms with Gasteiger partial charge in [0.15, 0.2) is 0 Å². The van der Waals surface area contributed by atoms with E-state index in [4.69, 9.17) is 5.84 Å². The first-order valence-corrected chi connectivity index (χ1v) is 7.69. The molecule has 0 aliphatic rings. The van der Waals surface area contributed by atoms with E-state index in [-0.39, 0.29) is 6.04 Å². The zero-order valence-electron chi connectivity index (χ0n) is 9.31. The SMILES string of the molecule is CCc1nnsc1C(Cc1cc(Br)cs1)NN. The fraction of sp³-hybridized carbons (Fsp3) is 0.400. The first-order valence-electron chi connectivity index (χ1n) is 5.24. The van der Waals surface area contributed by atoms with Crippen molar-refractivity contribution in [2.75, 3.05) is 0 Å². The van der Waals surface area contributed by atoms with Gasteiger partial charge in [-0.2, -0.15) is 0 Å². The van der Waals surface area contributed by atoms with Crippen molar-refractivity contribution >= 4 is 38.8 Å². The number of nitrogens with one attached hydrogen (secondary N) is 1. The molecule has 0 amide bonds. The summed E-state index contributed by atoms with van der Waals surface area (Å²) in [7, 11) is 0. The minimum Gasteiger partial charge on any atom is -0.271 e. The van der Waals surface area contributed by atoms with E-state index in [0.717, 1.165) is 27.9 Å². The molecule has 92 valence electrons. The van der Waals surface area contributed by atoms with Crippen molar-refractivity contribution in [3.8, 4) is 0 Å². The van der Waals surface area contributed by atoms with Crippen LogP contribution in [0, 0.1) is 0 Å². The average molecular weight is 333 g/mol. The van der Waals surface area contributed by atoms with E-state index >= 15 is 0 Å². The molecular formula is C10H13BrN4S2. The predicted molar refractivity (Wildman–Crippen MR) is 75.1 cm³/mol. The van der Waals surface area contributed by atoms with Gasteiger partial charge in [-0.05, 0) is 39.9 Å². The normalized spacial score (nSPS) is 12.9. The quantitative estimate of drug-likeness (QED) is 0.652. The second kappa shape index (κ2) is 6.01. The van der Waals surface area contributed by atoms with Crippen LogP contribution in [0.3, 0.4) is 0 Å². The van der Waals surface area contributed by atoms with Gasteiger partial charge in [0.2, 0.25) is 0 Å². The molecule has 17 heavy (non-hydrogen) atoms. The third-order valence-electron chi connectivity index (χ3n) is 2.46. The van der Waals surface area contributed by atoms with Crippen LogP contribution in [-0.4, -0.2) is 9.59 Å². The van der Waals surface area contributed by atoms with Gasteiger partial charge in [-0.15, -0.1) is 16.4 Å². The average Bonchev–Trinajstić information content (AvgIpc) is 2.94. The third kappa shape index (κ3) is 3.11. The summed E-state index contributed by atoms with van der Waals surface area (Å²) in [5, 5.41) is 6.20. The summed E-state index contributed by atoms with van der Waals surface area (Å²) in [6.45, 7) is 2.08. The second-order valence-corrected chi connectivity index (χ2v) is 6.29. The molecule has 2 aromatic rings. The minimum atomic E-state index is 0.0931. The topological polar surface area (TPSA) is 63.8 Å². The second-order valence-electron chi connectivity index (χ2n) is 3.59. The zero-order valence-corrected chi connectivity index (χ0v) is 12.5. The van der Waals surface area contributed by atoms with Crippen molar-refractivity contribution < 1.29 is 0 Å². The predicted octanol–water partition coefficient (Wildman–Crippen LogP) is 2.67. The summed E-state index contributed by atoms with van der Waals surface area (Å²) in [5.41, 5.74) is 3.89. The Morgan fingerprint density at radius 1 is 1.59 bits per heavy atom. The molecule has 0 aliphatic heterocycles. The molecule has 0 bridgehead atoms.